The van der Waals surface area contributed by atoms with Gasteiger partial charge in [0.2, 0.25) is 0 Å². The highest BCUT2D eigenvalue weighted by atomic mass is 35.5. The zero-order valence-electron chi connectivity index (χ0n) is 8.01. The molecule has 0 fully saturated rings. The summed E-state index contributed by atoms with van der Waals surface area (Å²) in [5.74, 6) is 0. The lowest BCUT2D eigenvalue weighted by Gasteiger charge is -2.00. The molecule has 76 valence electrons. The Morgan fingerprint density at radius 1 is 1.50 bits per heavy atom. The van der Waals surface area contributed by atoms with Crippen LogP contribution in [0.5, 0.6) is 0 Å². The van der Waals surface area contributed by atoms with E-state index in [-0.39, 0.29) is 12.4 Å². The van der Waals surface area contributed by atoms with Crippen LogP contribution in [0.25, 0.3) is 6.08 Å². The van der Waals surface area contributed by atoms with Crippen molar-refractivity contribution in [2.24, 2.45) is 5.10 Å². The van der Waals surface area contributed by atoms with Crippen molar-refractivity contribution in [2.75, 3.05) is 13.6 Å². The van der Waals surface area contributed by atoms with Crippen LogP contribution in [0.2, 0.25) is 0 Å². The summed E-state index contributed by atoms with van der Waals surface area (Å²) in [6, 6.07) is 4.17. The van der Waals surface area contributed by atoms with Crippen LogP contribution in [0.3, 0.4) is 0 Å². The summed E-state index contributed by atoms with van der Waals surface area (Å²) in [7, 11) is 2.01. The molecule has 0 spiro atoms. The molecule has 2 heterocycles. The average Bonchev–Trinajstić information content (AvgIpc) is 2.71. The van der Waals surface area contributed by atoms with Crippen molar-refractivity contribution in [3.63, 3.8) is 0 Å². The predicted molar refractivity (Wildman–Crippen MR) is 65.3 cm³/mol. The van der Waals surface area contributed by atoms with Crippen molar-refractivity contribution in [1.29, 1.82) is 0 Å². The maximum Gasteiger partial charge on any atom is 0.0624 e. The Hall–Kier alpha value is -0.800. The number of allylic oxidation sites excluding steroid dienone is 1. The van der Waals surface area contributed by atoms with Gasteiger partial charge < -0.3 is 0 Å². The maximum atomic E-state index is 4.36. The third kappa shape index (κ3) is 2.86. The van der Waals surface area contributed by atoms with E-state index in [2.05, 4.69) is 34.8 Å². The minimum Gasteiger partial charge on any atom is -0.299 e. The molecule has 1 aliphatic rings. The van der Waals surface area contributed by atoms with Gasteiger partial charge in [0.25, 0.3) is 0 Å². The fourth-order valence-corrected chi connectivity index (χ4v) is 1.89. The molecule has 0 saturated heterocycles. The quantitative estimate of drug-likeness (QED) is 0.760. The van der Waals surface area contributed by atoms with Crippen LogP contribution in [-0.4, -0.2) is 24.3 Å². The van der Waals surface area contributed by atoms with Crippen LogP contribution in [0, 0.1) is 0 Å². The molecule has 14 heavy (non-hydrogen) atoms. The van der Waals surface area contributed by atoms with Crippen molar-refractivity contribution in [2.45, 2.75) is 6.42 Å². The first kappa shape index (κ1) is 11.3. The van der Waals surface area contributed by atoms with E-state index in [1.165, 1.54) is 10.6 Å². The van der Waals surface area contributed by atoms with Gasteiger partial charge in [0.15, 0.2) is 0 Å². The van der Waals surface area contributed by atoms with Crippen molar-refractivity contribution in [3.8, 4) is 0 Å². The predicted octanol–water partition coefficient (Wildman–Crippen LogP) is 2.87. The molecule has 0 aliphatic carbocycles. The molecule has 0 N–H and O–H groups in total. The molecule has 4 heteroatoms. The van der Waals surface area contributed by atoms with Gasteiger partial charge in [0.1, 0.15) is 0 Å². The van der Waals surface area contributed by atoms with Crippen LogP contribution < -0.4 is 0 Å². The van der Waals surface area contributed by atoms with Gasteiger partial charge >= 0.3 is 0 Å². The van der Waals surface area contributed by atoms with E-state index in [9.17, 15) is 0 Å². The third-order valence-corrected chi connectivity index (χ3v) is 2.81. The van der Waals surface area contributed by atoms with E-state index in [0.717, 1.165) is 13.0 Å². The lowest BCUT2D eigenvalue weighted by atomic mass is 10.2. The average molecular weight is 229 g/mol. The second-order valence-electron chi connectivity index (χ2n) is 3.07. The van der Waals surface area contributed by atoms with Crippen LogP contribution >= 0.6 is 23.7 Å². The Labute approximate surface area is 94.3 Å². The molecule has 2 rings (SSSR count). The Balaban J connectivity index is 0.000000980. The molecule has 0 atom stereocenters. The molecule has 0 amide bonds. The number of nitrogens with zero attached hydrogens (tertiary/aromatic N) is 2. The Morgan fingerprint density at radius 2 is 2.36 bits per heavy atom. The molecule has 0 aromatic carbocycles. The lowest BCUT2D eigenvalue weighted by molar-refractivity contribution is 0.393. The fraction of sp³-hybridized carbons (Fsp3) is 0.300. The summed E-state index contributed by atoms with van der Waals surface area (Å²) in [5.41, 5.74) is 1.18. The second-order valence-corrected chi connectivity index (χ2v) is 4.05. The number of hydrazone groups is 1. The normalized spacial score (nSPS) is 15.8. The van der Waals surface area contributed by atoms with E-state index in [1.54, 1.807) is 11.3 Å². The minimum atomic E-state index is 0. The minimum absolute atomic E-state index is 0. The van der Waals surface area contributed by atoms with Crippen molar-refractivity contribution in [3.05, 3.63) is 28.5 Å². The van der Waals surface area contributed by atoms with Crippen LogP contribution in [-0.2, 0) is 0 Å². The number of thiophene rings is 1. The van der Waals surface area contributed by atoms with Gasteiger partial charge in [0.05, 0.1) is 5.71 Å². The summed E-state index contributed by atoms with van der Waals surface area (Å²) < 4.78 is 0. The lowest BCUT2D eigenvalue weighted by Crippen LogP contribution is -2.04. The Kier molecular flexibility index (Phi) is 4.17. The standard InChI is InChI=1S/C10H12N2S.ClH/c1-12-7-6-9(11-12)4-5-10-3-2-8-13-10;/h2-5,8H,6-7H2,1H3;1H. The van der Waals surface area contributed by atoms with E-state index < -0.39 is 0 Å². The molecule has 1 aromatic rings. The van der Waals surface area contributed by atoms with Gasteiger partial charge in [-0.1, -0.05) is 6.07 Å². The largest absolute Gasteiger partial charge is 0.299 e. The zero-order chi connectivity index (χ0) is 9.10. The van der Waals surface area contributed by atoms with Crippen LogP contribution in [0.4, 0.5) is 0 Å². The van der Waals surface area contributed by atoms with Crippen molar-refractivity contribution in [1.82, 2.24) is 5.01 Å². The van der Waals surface area contributed by atoms with Gasteiger partial charge in [-0.15, -0.1) is 23.7 Å². The highest BCUT2D eigenvalue weighted by Crippen LogP contribution is 2.12. The monoisotopic (exact) mass is 228 g/mol. The number of halogens is 1. The first-order chi connectivity index (χ1) is 6.34. The zero-order valence-corrected chi connectivity index (χ0v) is 9.64. The van der Waals surface area contributed by atoms with E-state index in [0.29, 0.717) is 0 Å². The summed E-state index contributed by atoms with van der Waals surface area (Å²) in [6.07, 6.45) is 5.30. The number of rotatable bonds is 2. The Morgan fingerprint density at radius 3 is 2.93 bits per heavy atom. The van der Waals surface area contributed by atoms with Gasteiger partial charge in [-0.2, -0.15) is 5.10 Å². The van der Waals surface area contributed by atoms with E-state index in [4.69, 9.17) is 0 Å². The molecular weight excluding hydrogens is 216 g/mol. The molecule has 0 saturated carbocycles. The molecule has 0 unspecified atom stereocenters. The third-order valence-electron chi connectivity index (χ3n) is 1.97. The molecular formula is C10H13ClN2S. The second kappa shape index (κ2) is 5.17. The fourth-order valence-electron chi connectivity index (χ4n) is 1.28. The van der Waals surface area contributed by atoms with Gasteiger partial charge in [-0.25, -0.2) is 0 Å². The van der Waals surface area contributed by atoms with Gasteiger partial charge in [-0.3, -0.25) is 5.01 Å². The van der Waals surface area contributed by atoms with Crippen molar-refractivity contribution >= 4 is 35.5 Å². The SMILES string of the molecule is CN1CCC(C=Cc2cccs2)=N1.Cl. The van der Waals surface area contributed by atoms with Gasteiger partial charge in [-0.05, 0) is 23.6 Å². The number of hydrogen-bond donors (Lipinski definition) is 0. The van der Waals surface area contributed by atoms with Gasteiger partial charge in [0, 0.05) is 24.9 Å². The molecule has 1 aromatic heterocycles. The molecule has 2 nitrogen and oxygen atoms in total. The van der Waals surface area contributed by atoms with Crippen molar-refractivity contribution < 1.29 is 0 Å². The smallest absolute Gasteiger partial charge is 0.0624 e. The van der Waals surface area contributed by atoms with Crippen LogP contribution in [0.1, 0.15) is 11.3 Å². The molecule has 0 radical (unpaired) electrons. The van der Waals surface area contributed by atoms with E-state index in [1.807, 2.05) is 12.1 Å². The maximum absolute atomic E-state index is 4.36. The number of hydrogen-bond acceptors (Lipinski definition) is 3. The summed E-state index contributed by atoms with van der Waals surface area (Å²) in [4.78, 5) is 1.29. The first-order valence-corrected chi connectivity index (χ1v) is 5.23. The van der Waals surface area contributed by atoms with Crippen LogP contribution in [0.15, 0.2) is 28.7 Å². The summed E-state index contributed by atoms with van der Waals surface area (Å²) in [5, 5.41) is 8.42. The first-order valence-electron chi connectivity index (χ1n) is 4.35. The molecule has 1 aliphatic heterocycles. The summed E-state index contributed by atoms with van der Waals surface area (Å²) in [6.45, 7) is 1.05. The highest BCUT2D eigenvalue weighted by Gasteiger charge is 2.06. The summed E-state index contributed by atoms with van der Waals surface area (Å²) >= 11 is 1.75. The topological polar surface area (TPSA) is 15.6 Å². The Bertz CT molecular complexity index is 330. The molecule has 0 bridgehead atoms. The highest BCUT2D eigenvalue weighted by molar-refractivity contribution is 7.10. The van der Waals surface area contributed by atoms with E-state index >= 15 is 0 Å².